The molecule has 1 nitrogen and oxygen atoms in total. The van der Waals surface area contributed by atoms with E-state index in [-0.39, 0.29) is 0 Å². The number of hydrogen-bond acceptors (Lipinski definition) is 1. The Balaban J connectivity index is 2.99. The quantitative estimate of drug-likeness (QED) is 0.749. The first-order chi connectivity index (χ1) is 3.93. The molecule has 0 saturated carbocycles. The SMILES string of the molecule is [Pt]=[N]c1ccccc1. The first-order valence-corrected chi connectivity index (χ1v) is 3.29. The van der Waals surface area contributed by atoms with Gasteiger partial charge in [0, 0.05) is 0 Å². The van der Waals surface area contributed by atoms with Gasteiger partial charge in [0.05, 0.1) is 0 Å². The monoisotopic (exact) mass is 286 g/mol. The van der Waals surface area contributed by atoms with Crippen molar-refractivity contribution < 1.29 is 19.6 Å². The third kappa shape index (κ3) is 1.34. The van der Waals surface area contributed by atoms with Crippen molar-refractivity contribution in [1.29, 1.82) is 0 Å². The zero-order valence-corrected chi connectivity index (χ0v) is 6.42. The molecule has 0 fully saturated rings. The molecule has 2 heteroatoms. The van der Waals surface area contributed by atoms with E-state index in [9.17, 15) is 0 Å². The molecule has 0 unspecified atom stereocenters. The Bertz CT molecular complexity index is 171. The predicted octanol–water partition coefficient (Wildman–Crippen LogP) is 2.05. The van der Waals surface area contributed by atoms with Gasteiger partial charge in [0.15, 0.2) is 0 Å². The number of hydrogen-bond donors (Lipinski definition) is 0. The van der Waals surface area contributed by atoms with Gasteiger partial charge < -0.3 is 0 Å². The molecule has 1 rings (SSSR count). The van der Waals surface area contributed by atoms with E-state index in [1.165, 1.54) is 0 Å². The van der Waals surface area contributed by atoms with Crippen molar-refractivity contribution in [1.82, 2.24) is 0 Å². The minimum absolute atomic E-state index is 1.02. The van der Waals surface area contributed by atoms with Crippen LogP contribution in [0, 0.1) is 0 Å². The van der Waals surface area contributed by atoms with Crippen LogP contribution in [0.15, 0.2) is 33.8 Å². The van der Waals surface area contributed by atoms with Crippen LogP contribution in [0.4, 0.5) is 5.69 Å². The Hall–Kier alpha value is -0.292. The van der Waals surface area contributed by atoms with Gasteiger partial charge in [-0.3, -0.25) is 0 Å². The Morgan fingerprint density at radius 2 is 1.75 bits per heavy atom. The van der Waals surface area contributed by atoms with Crippen molar-refractivity contribution in [2.45, 2.75) is 0 Å². The Morgan fingerprint density at radius 1 is 1.12 bits per heavy atom. The van der Waals surface area contributed by atoms with E-state index in [4.69, 9.17) is 0 Å². The van der Waals surface area contributed by atoms with Gasteiger partial charge in [-0.1, -0.05) is 0 Å². The van der Waals surface area contributed by atoms with Crippen molar-refractivity contribution >= 4 is 5.69 Å². The maximum absolute atomic E-state index is 3.94. The molecule has 0 aromatic heterocycles. The number of nitrogens with zero attached hydrogens (tertiary/aromatic N) is 1. The van der Waals surface area contributed by atoms with E-state index >= 15 is 0 Å². The Morgan fingerprint density at radius 3 is 2.12 bits per heavy atom. The molecule has 0 radical (unpaired) electrons. The van der Waals surface area contributed by atoms with E-state index < -0.39 is 0 Å². The van der Waals surface area contributed by atoms with Gasteiger partial charge in [-0.2, -0.15) is 0 Å². The summed E-state index contributed by atoms with van der Waals surface area (Å²) in [5.74, 6) is 0. The van der Waals surface area contributed by atoms with Crippen molar-refractivity contribution in [2.75, 3.05) is 0 Å². The van der Waals surface area contributed by atoms with E-state index in [1.807, 2.05) is 50.0 Å². The van der Waals surface area contributed by atoms with E-state index in [2.05, 4.69) is 3.50 Å². The molecule has 0 aliphatic carbocycles. The molecule has 0 aliphatic rings. The second-order valence-corrected chi connectivity index (χ2v) is 1.91. The Kier molecular flexibility index (Phi) is 2.10. The molecule has 0 amide bonds. The molecular weight excluding hydrogens is 281 g/mol. The summed E-state index contributed by atoms with van der Waals surface area (Å²) in [4.78, 5) is 0. The topological polar surface area (TPSA) is 12.4 Å². The summed E-state index contributed by atoms with van der Waals surface area (Å²) >= 11 is 1.96. The summed E-state index contributed by atoms with van der Waals surface area (Å²) in [6, 6.07) is 9.85. The predicted molar refractivity (Wildman–Crippen MR) is 28.5 cm³/mol. The molecule has 0 saturated heterocycles. The maximum atomic E-state index is 3.94. The van der Waals surface area contributed by atoms with Gasteiger partial charge in [-0.05, 0) is 0 Å². The van der Waals surface area contributed by atoms with Crippen molar-refractivity contribution in [2.24, 2.45) is 3.50 Å². The van der Waals surface area contributed by atoms with Crippen LogP contribution < -0.4 is 0 Å². The van der Waals surface area contributed by atoms with Gasteiger partial charge in [0.25, 0.3) is 0 Å². The summed E-state index contributed by atoms with van der Waals surface area (Å²) in [7, 11) is 0. The fraction of sp³-hybridized carbons (Fsp3) is 0. The standard InChI is InChI=1S/C6H5N.Pt/c7-6-4-2-1-3-5-6;/h1-5H;. The molecule has 0 atom stereocenters. The van der Waals surface area contributed by atoms with E-state index in [1.54, 1.807) is 0 Å². The zero-order valence-electron chi connectivity index (χ0n) is 4.15. The van der Waals surface area contributed by atoms with Crippen LogP contribution in [0.2, 0.25) is 0 Å². The first kappa shape index (κ1) is 5.84. The minimum atomic E-state index is 1.02. The normalized spacial score (nSPS) is 8.75. The summed E-state index contributed by atoms with van der Waals surface area (Å²) in [6.45, 7) is 0. The zero-order chi connectivity index (χ0) is 5.82. The molecule has 0 heterocycles. The van der Waals surface area contributed by atoms with Crippen molar-refractivity contribution in [3.05, 3.63) is 30.3 Å². The second kappa shape index (κ2) is 2.88. The van der Waals surface area contributed by atoms with Gasteiger partial charge in [-0.15, -0.1) is 0 Å². The van der Waals surface area contributed by atoms with Crippen LogP contribution in [0.25, 0.3) is 0 Å². The molecule has 0 N–H and O–H groups in total. The van der Waals surface area contributed by atoms with Gasteiger partial charge >= 0.3 is 59.1 Å². The second-order valence-electron chi connectivity index (χ2n) is 1.41. The molecule has 44 valence electrons. The fourth-order valence-electron chi connectivity index (χ4n) is 0.475. The van der Waals surface area contributed by atoms with Crippen molar-refractivity contribution in [3.63, 3.8) is 0 Å². The average Bonchev–Trinajstić information content (AvgIpc) is 1.90. The summed E-state index contributed by atoms with van der Waals surface area (Å²) in [6.07, 6.45) is 0. The third-order valence-corrected chi connectivity index (χ3v) is 1.42. The molecule has 0 spiro atoms. The summed E-state index contributed by atoms with van der Waals surface area (Å²) in [5.41, 5.74) is 1.02. The third-order valence-electron chi connectivity index (χ3n) is 0.838. The van der Waals surface area contributed by atoms with Gasteiger partial charge in [0.2, 0.25) is 0 Å². The van der Waals surface area contributed by atoms with Crippen LogP contribution >= 0.6 is 0 Å². The molecule has 0 aliphatic heterocycles. The fourth-order valence-corrected chi connectivity index (χ4v) is 0.814. The average molecular weight is 286 g/mol. The Labute approximate surface area is 59.5 Å². The van der Waals surface area contributed by atoms with Crippen LogP contribution in [0.5, 0.6) is 0 Å². The molecule has 8 heavy (non-hydrogen) atoms. The molecule has 0 bridgehead atoms. The van der Waals surface area contributed by atoms with Crippen LogP contribution in [-0.4, -0.2) is 0 Å². The summed E-state index contributed by atoms with van der Waals surface area (Å²) in [5, 5.41) is 0. The number of benzene rings is 1. The van der Waals surface area contributed by atoms with Gasteiger partial charge in [0.1, 0.15) is 0 Å². The summed E-state index contributed by atoms with van der Waals surface area (Å²) < 4.78 is 3.94. The van der Waals surface area contributed by atoms with E-state index in [0.717, 1.165) is 5.69 Å². The van der Waals surface area contributed by atoms with Crippen LogP contribution in [0.1, 0.15) is 0 Å². The first-order valence-electron chi connectivity index (χ1n) is 2.28. The number of rotatable bonds is 1. The van der Waals surface area contributed by atoms with E-state index in [0.29, 0.717) is 0 Å². The van der Waals surface area contributed by atoms with Crippen molar-refractivity contribution in [3.8, 4) is 0 Å². The molecule has 1 aromatic carbocycles. The van der Waals surface area contributed by atoms with Crippen LogP contribution in [-0.2, 0) is 19.6 Å². The molecular formula is C6H5NPt. The van der Waals surface area contributed by atoms with Gasteiger partial charge in [-0.25, -0.2) is 0 Å². The van der Waals surface area contributed by atoms with Crippen LogP contribution in [0.3, 0.4) is 0 Å². The molecule has 1 aromatic rings.